The van der Waals surface area contributed by atoms with E-state index in [0.29, 0.717) is 5.75 Å². The van der Waals surface area contributed by atoms with Crippen LogP contribution in [0.15, 0.2) is 30.9 Å². The molecule has 5 heteroatoms. The highest BCUT2D eigenvalue weighted by atomic mass is 16.5. The van der Waals surface area contributed by atoms with Gasteiger partial charge in [-0.15, -0.1) is 6.58 Å². The van der Waals surface area contributed by atoms with E-state index in [-0.39, 0.29) is 25.6 Å². The van der Waals surface area contributed by atoms with Gasteiger partial charge in [0.2, 0.25) is 0 Å². The number of carboxylic acid groups (broad SMARTS) is 1. The number of carbonyl (C=O) groups is 2. The van der Waals surface area contributed by atoms with Gasteiger partial charge in [-0.25, -0.2) is 0 Å². The molecule has 0 fully saturated rings. The van der Waals surface area contributed by atoms with Crippen molar-refractivity contribution in [3.63, 3.8) is 0 Å². The van der Waals surface area contributed by atoms with Gasteiger partial charge in [-0.1, -0.05) is 12.1 Å². The summed E-state index contributed by atoms with van der Waals surface area (Å²) in [4.78, 5) is 23.9. The summed E-state index contributed by atoms with van der Waals surface area (Å²) in [5.41, 5.74) is 2.61. The average Bonchev–Trinajstić information content (AvgIpc) is 2.91. The number of nitrogens with zero attached hydrogens (tertiary/aromatic N) is 1. The maximum Gasteiger partial charge on any atom is 0.323 e. The molecule has 1 aliphatic carbocycles. The van der Waals surface area contributed by atoms with E-state index in [9.17, 15) is 9.59 Å². The number of carbonyl (C=O) groups excluding carboxylic acids is 1. The Balaban J connectivity index is 1.93. The Labute approximate surface area is 123 Å². The molecule has 0 bridgehead atoms. The molecule has 0 aromatic heterocycles. The Morgan fingerprint density at radius 3 is 2.81 bits per heavy atom. The first-order chi connectivity index (χ1) is 10.1. The molecule has 1 aliphatic rings. The summed E-state index contributed by atoms with van der Waals surface area (Å²) in [5.74, 6) is -0.765. The number of aryl methyl sites for hydroxylation is 2. The summed E-state index contributed by atoms with van der Waals surface area (Å²) in [7, 11) is 0. The number of benzene rings is 1. The van der Waals surface area contributed by atoms with Crippen molar-refractivity contribution in [1.82, 2.24) is 4.90 Å². The first-order valence-electron chi connectivity index (χ1n) is 6.95. The van der Waals surface area contributed by atoms with Gasteiger partial charge in [-0.2, -0.15) is 0 Å². The van der Waals surface area contributed by atoms with Gasteiger partial charge >= 0.3 is 5.97 Å². The molecule has 0 unspecified atom stereocenters. The Morgan fingerprint density at radius 1 is 1.33 bits per heavy atom. The van der Waals surface area contributed by atoms with Crippen molar-refractivity contribution in [3.8, 4) is 5.75 Å². The fourth-order valence-corrected chi connectivity index (χ4v) is 2.45. The number of rotatable bonds is 7. The third-order valence-corrected chi connectivity index (χ3v) is 3.46. The lowest BCUT2D eigenvalue weighted by molar-refractivity contribution is -0.144. The zero-order valence-corrected chi connectivity index (χ0v) is 11.9. The van der Waals surface area contributed by atoms with Gasteiger partial charge in [0.1, 0.15) is 12.3 Å². The minimum atomic E-state index is -1.05. The van der Waals surface area contributed by atoms with Crippen LogP contribution in [0.1, 0.15) is 17.5 Å². The lowest BCUT2D eigenvalue weighted by atomic mass is 10.1. The SMILES string of the molecule is C=CCN(CC(=O)O)C(=O)COc1ccc2c(c1)CCC2. The third-order valence-electron chi connectivity index (χ3n) is 3.46. The van der Waals surface area contributed by atoms with Crippen LogP contribution in [-0.4, -0.2) is 41.6 Å². The Kier molecular flexibility index (Phi) is 4.98. The molecule has 0 saturated carbocycles. The van der Waals surface area contributed by atoms with Crippen LogP contribution in [0.2, 0.25) is 0 Å². The molecule has 0 heterocycles. The Hall–Kier alpha value is -2.30. The monoisotopic (exact) mass is 289 g/mol. The number of hydrogen-bond donors (Lipinski definition) is 1. The molecular formula is C16H19NO4. The van der Waals surface area contributed by atoms with Crippen molar-refractivity contribution in [1.29, 1.82) is 0 Å². The molecule has 0 atom stereocenters. The second-order valence-electron chi connectivity index (χ2n) is 5.03. The normalized spacial score (nSPS) is 12.6. The van der Waals surface area contributed by atoms with Gasteiger partial charge in [-0.05, 0) is 42.5 Å². The van der Waals surface area contributed by atoms with Crippen LogP contribution >= 0.6 is 0 Å². The van der Waals surface area contributed by atoms with Gasteiger partial charge in [0, 0.05) is 6.54 Å². The number of fused-ring (bicyclic) bond motifs is 1. The van der Waals surface area contributed by atoms with E-state index in [0.717, 1.165) is 19.3 Å². The first-order valence-corrected chi connectivity index (χ1v) is 6.95. The summed E-state index contributed by atoms with van der Waals surface area (Å²) in [6.45, 7) is 3.20. The summed E-state index contributed by atoms with van der Waals surface area (Å²) in [6.07, 6.45) is 4.79. The minimum absolute atomic E-state index is 0.167. The lowest BCUT2D eigenvalue weighted by Crippen LogP contribution is -2.38. The van der Waals surface area contributed by atoms with Crippen molar-refractivity contribution < 1.29 is 19.4 Å². The molecule has 0 radical (unpaired) electrons. The van der Waals surface area contributed by atoms with Crippen LogP contribution in [0.5, 0.6) is 5.75 Å². The van der Waals surface area contributed by atoms with Gasteiger partial charge < -0.3 is 14.7 Å². The van der Waals surface area contributed by atoms with Gasteiger partial charge in [0.25, 0.3) is 5.91 Å². The highest BCUT2D eigenvalue weighted by molar-refractivity contribution is 5.82. The molecule has 1 amide bonds. The number of carboxylic acids is 1. The van der Waals surface area contributed by atoms with Crippen LogP contribution in [-0.2, 0) is 22.4 Å². The van der Waals surface area contributed by atoms with Crippen LogP contribution in [0, 0.1) is 0 Å². The summed E-state index contributed by atoms with van der Waals surface area (Å²) < 4.78 is 5.48. The minimum Gasteiger partial charge on any atom is -0.484 e. The average molecular weight is 289 g/mol. The van der Waals surface area contributed by atoms with Crippen molar-refractivity contribution in [3.05, 3.63) is 42.0 Å². The lowest BCUT2D eigenvalue weighted by Gasteiger charge is -2.19. The fraction of sp³-hybridized carbons (Fsp3) is 0.375. The molecule has 1 aromatic rings. The van der Waals surface area contributed by atoms with Crippen molar-refractivity contribution in [2.45, 2.75) is 19.3 Å². The topological polar surface area (TPSA) is 66.8 Å². The van der Waals surface area contributed by atoms with E-state index < -0.39 is 5.97 Å². The predicted octanol–water partition coefficient (Wildman–Crippen LogP) is 1.65. The zero-order chi connectivity index (χ0) is 15.2. The molecule has 5 nitrogen and oxygen atoms in total. The smallest absolute Gasteiger partial charge is 0.323 e. The zero-order valence-electron chi connectivity index (χ0n) is 11.9. The van der Waals surface area contributed by atoms with E-state index in [1.165, 1.54) is 22.1 Å². The number of ether oxygens (including phenoxy) is 1. The van der Waals surface area contributed by atoms with E-state index >= 15 is 0 Å². The van der Waals surface area contributed by atoms with Gasteiger partial charge in [-0.3, -0.25) is 9.59 Å². The molecule has 0 aliphatic heterocycles. The molecule has 1 aromatic carbocycles. The number of aliphatic carboxylic acids is 1. The van der Waals surface area contributed by atoms with Crippen LogP contribution in [0.4, 0.5) is 0 Å². The fourth-order valence-electron chi connectivity index (χ4n) is 2.45. The van der Waals surface area contributed by atoms with Crippen LogP contribution in [0.25, 0.3) is 0 Å². The standard InChI is InChI=1S/C16H19NO4/c1-2-8-17(10-16(19)20)15(18)11-21-14-7-6-12-4-3-5-13(12)9-14/h2,6-7,9H,1,3-5,8,10-11H2,(H,19,20). The molecule has 2 rings (SSSR count). The largest absolute Gasteiger partial charge is 0.484 e. The maximum atomic E-state index is 12.0. The maximum absolute atomic E-state index is 12.0. The highest BCUT2D eigenvalue weighted by Crippen LogP contribution is 2.25. The summed E-state index contributed by atoms with van der Waals surface area (Å²) in [6, 6.07) is 5.85. The Morgan fingerprint density at radius 2 is 2.10 bits per heavy atom. The number of hydrogen-bond acceptors (Lipinski definition) is 3. The van der Waals surface area contributed by atoms with Gasteiger partial charge in [0.15, 0.2) is 6.61 Å². The number of amides is 1. The predicted molar refractivity (Wildman–Crippen MR) is 78.4 cm³/mol. The van der Waals surface area contributed by atoms with Crippen molar-refractivity contribution in [2.75, 3.05) is 19.7 Å². The first kappa shape index (κ1) is 15.1. The quantitative estimate of drug-likeness (QED) is 0.775. The van der Waals surface area contributed by atoms with Crippen LogP contribution < -0.4 is 4.74 Å². The van der Waals surface area contributed by atoms with E-state index in [4.69, 9.17) is 9.84 Å². The highest BCUT2D eigenvalue weighted by Gasteiger charge is 2.17. The second kappa shape index (κ2) is 6.92. The van der Waals surface area contributed by atoms with E-state index in [1.54, 1.807) is 0 Å². The molecule has 112 valence electrons. The second-order valence-corrected chi connectivity index (χ2v) is 5.03. The van der Waals surface area contributed by atoms with Gasteiger partial charge in [0.05, 0.1) is 0 Å². The molecule has 0 saturated heterocycles. The van der Waals surface area contributed by atoms with Crippen molar-refractivity contribution >= 4 is 11.9 Å². The molecule has 1 N–H and O–H groups in total. The van der Waals surface area contributed by atoms with E-state index in [1.807, 2.05) is 18.2 Å². The molecular weight excluding hydrogens is 270 g/mol. The van der Waals surface area contributed by atoms with Crippen molar-refractivity contribution in [2.24, 2.45) is 0 Å². The summed E-state index contributed by atoms with van der Waals surface area (Å²) >= 11 is 0. The Bertz CT molecular complexity index is 553. The molecule has 21 heavy (non-hydrogen) atoms. The molecule has 0 spiro atoms. The van der Waals surface area contributed by atoms with Crippen LogP contribution in [0.3, 0.4) is 0 Å². The summed E-state index contributed by atoms with van der Waals surface area (Å²) in [5, 5.41) is 8.78. The van der Waals surface area contributed by atoms with E-state index in [2.05, 4.69) is 6.58 Å². The third kappa shape index (κ3) is 4.08.